The minimum absolute atomic E-state index is 0.586. The fourth-order valence-corrected chi connectivity index (χ4v) is 1.67. The van der Waals surface area contributed by atoms with Crippen LogP contribution in [0.25, 0.3) is 0 Å². The Balaban J connectivity index is 2.68. The van der Waals surface area contributed by atoms with Crippen LogP contribution in [0.15, 0.2) is 0 Å². The predicted molar refractivity (Wildman–Crippen MR) is 48.2 cm³/mol. The van der Waals surface area contributed by atoms with Crippen LogP contribution in [-0.4, -0.2) is 56.8 Å². The van der Waals surface area contributed by atoms with Crippen molar-refractivity contribution in [3.63, 3.8) is 0 Å². The van der Waals surface area contributed by atoms with Crippen molar-refractivity contribution in [2.45, 2.75) is 37.6 Å². The summed E-state index contributed by atoms with van der Waals surface area (Å²) in [5.74, 6) is 0. The lowest BCUT2D eigenvalue weighted by molar-refractivity contribution is -0.353. The molecule has 0 aliphatic carbocycles. The Bertz CT molecular complexity index is 249. The molecule has 0 bridgehead atoms. The summed E-state index contributed by atoms with van der Waals surface area (Å²) >= 11 is -2.88. The van der Waals surface area contributed by atoms with Gasteiger partial charge in [-0.1, -0.05) is 0 Å². The number of aliphatic hydroxyl groups excluding tert-OH is 2. The lowest BCUT2D eigenvalue weighted by Gasteiger charge is -2.39. The molecule has 0 amide bonds. The Hall–Kier alpha value is -0.130. The molecule has 0 saturated carbocycles. The molecule has 8 nitrogen and oxygen atoms in total. The largest absolute Gasteiger partial charge is 0.748 e. The normalized spacial score (nSPS) is 41.9. The van der Waals surface area contributed by atoms with Gasteiger partial charge in [-0.2, -0.15) is 0 Å². The van der Waals surface area contributed by atoms with E-state index < -0.39 is 42.1 Å². The van der Waals surface area contributed by atoms with Crippen molar-refractivity contribution < 1.29 is 37.7 Å². The molecule has 0 aromatic heterocycles. The maximum Gasteiger partial charge on any atom is 0.184 e. The summed E-state index contributed by atoms with van der Waals surface area (Å²) in [7, 11) is 1.33. The van der Waals surface area contributed by atoms with Crippen LogP contribution in [0.3, 0.4) is 0 Å². The quantitative estimate of drug-likeness (QED) is 0.344. The molecular formula is C7H13O8S-. The number of rotatable bonds is 4. The number of hydrogen-bond acceptors (Lipinski definition) is 8. The van der Waals surface area contributed by atoms with Gasteiger partial charge < -0.3 is 24.2 Å². The van der Waals surface area contributed by atoms with E-state index in [-0.39, 0.29) is 0 Å². The summed E-state index contributed by atoms with van der Waals surface area (Å²) in [6.45, 7) is 1.58. The third kappa shape index (κ3) is 3.18. The molecule has 1 rings (SSSR count). The Morgan fingerprint density at radius 3 is 2.50 bits per heavy atom. The molecule has 0 radical (unpaired) electrons. The monoisotopic (exact) mass is 257 g/mol. The van der Waals surface area contributed by atoms with Crippen LogP contribution in [-0.2, 0) is 30.1 Å². The van der Waals surface area contributed by atoms with E-state index in [0.717, 1.165) is 0 Å². The molecule has 96 valence electrons. The van der Waals surface area contributed by atoms with E-state index in [1.807, 2.05) is 0 Å². The van der Waals surface area contributed by atoms with Gasteiger partial charge in [-0.05, 0) is 6.92 Å². The van der Waals surface area contributed by atoms with E-state index in [1.54, 1.807) is 6.92 Å². The number of hydrogen-bond donors (Lipinski definition) is 2. The fraction of sp³-hybridized carbons (Fsp3) is 1.00. The van der Waals surface area contributed by atoms with E-state index in [9.17, 15) is 19.0 Å². The van der Waals surface area contributed by atoms with E-state index in [2.05, 4.69) is 9.22 Å². The third-order valence-corrected chi connectivity index (χ3v) is 2.44. The molecule has 1 aliphatic rings. The molecule has 6 unspecified atom stereocenters. The molecule has 6 atom stereocenters. The highest BCUT2D eigenvalue weighted by Crippen LogP contribution is 2.24. The fourth-order valence-electron chi connectivity index (χ4n) is 1.52. The molecule has 1 saturated heterocycles. The average molecular weight is 257 g/mol. The second kappa shape index (κ2) is 5.98. The molecule has 0 aromatic carbocycles. The lowest BCUT2D eigenvalue weighted by Crippen LogP contribution is -2.58. The highest BCUT2D eigenvalue weighted by molar-refractivity contribution is 7.73. The van der Waals surface area contributed by atoms with Crippen molar-refractivity contribution in [2.24, 2.45) is 0 Å². The van der Waals surface area contributed by atoms with Crippen molar-refractivity contribution >= 4 is 11.4 Å². The number of methoxy groups -OCH3 is 1. The zero-order chi connectivity index (χ0) is 12.3. The van der Waals surface area contributed by atoms with Gasteiger partial charge in [-0.25, -0.2) is 9.10 Å². The topological polar surface area (TPSA) is 118 Å². The van der Waals surface area contributed by atoms with Gasteiger partial charge in [0.15, 0.2) is 12.4 Å². The maximum absolute atomic E-state index is 10.1. The minimum Gasteiger partial charge on any atom is -0.748 e. The summed E-state index contributed by atoms with van der Waals surface area (Å²) in [4.78, 5) is 4.47. The van der Waals surface area contributed by atoms with Gasteiger partial charge in [0, 0.05) is 7.11 Å². The van der Waals surface area contributed by atoms with Gasteiger partial charge in [0.05, 0.1) is 6.10 Å². The Morgan fingerprint density at radius 1 is 1.38 bits per heavy atom. The smallest absolute Gasteiger partial charge is 0.184 e. The van der Waals surface area contributed by atoms with Crippen LogP contribution in [0.1, 0.15) is 6.92 Å². The second-order valence-corrected chi connectivity index (χ2v) is 3.80. The van der Waals surface area contributed by atoms with E-state index >= 15 is 0 Å². The predicted octanol–water partition coefficient (Wildman–Crippen LogP) is -1.79. The van der Waals surface area contributed by atoms with E-state index in [4.69, 9.17) is 9.47 Å². The SMILES string of the molecule is COC1C(C)OC(O)C(O)C1OOS(=O)[O-]. The van der Waals surface area contributed by atoms with Gasteiger partial charge in [-0.15, -0.1) is 4.33 Å². The van der Waals surface area contributed by atoms with Crippen LogP contribution in [0.4, 0.5) is 0 Å². The minimum atomic E-state index is -2.88. The van der Waals surface area contributed by atoms with Crippen molar-refractivity contribution in [1.82, 2.24) is 0 Å². The van der Waals surface area contributed by atoms with Crippen LogP contribution in [0.2, 0.25) is 0 Å². The van der Waals surface area contributed by atoms with Crippen LogP contribution in [0, 0.1) is 0 Å². The highest BCUT2D eigenvalue weighted by atomic mass is 32.2. The Kier molecular flexibility index (Phi) is 5.21. The molecule has 1 fully saturated rings. The first-order valence-electron chi connectivity index (χ1n) is 4.44. The van der Waals surface area contributed by atoms with E-state index in [0.29, 0.717) is 0 Å². The molecule has 16 heavy (non-hydrogen) atoms. The first-order valence-corrected chi connectivity index (χ1v) is 5.44. The second-order valence-electron chi connectivity index (χ2n) is 3.26. The third-order valence-electron chi connectivity index (χ3n) is 2.25. The van der Waals surface area contributed by atoms with Crippen molar-refractivity contribution in [3.05, 3.63) is 0 Å². The molecular weight excluding hydrogens is 244 g/mol. The van der Waals surface area contributed by atoms with Crippen LogP contribution < -0.4 is 0 Å². The molecule has 0 aromatic rings. The van der Waals surface area contributed by atoms with Gasteiger partial charge >= 0.3 is 0 Å². The lowest BCUT2D eigenvalue weighted by atomic mass is 10.00. The molecule has 1 aliphatic heterocycles. The van der Waals surface area contributed by atoms with Gasteiger partial charge in [0.1, 0.15) is 23.6 Å². The summed E-state index contributed by atoms with van der Waals surface area (Å²) in [6.07, 6.45) is -5.47. The summed E-state index contributed by atoms with van der Waals surface area (Å²) in [6, 6.07) is 0. The number of aliphatic hydroxyl groups is 2. The van der Waals surface area contributed by atoms with Crippen molar-refractivity contribution in [3.8, 4) is 0 Å². The zero-order valence-electron chi connectivity index (χ0n) is 8.64. The summed E-state index contributed by atoms with van der Waals surface area (Å²) in [5, 5.41) is 18.8. The highest BCUT2D eigenvalue weighted by Gasteiger charge is 2.45. The molecule has 1 heterocycles. The van der Waals surface area contributed by atoms with Gasteiger partial charge in [0.25, 0.3) is 0 Å². The molecule has 9 heteroatoms. The Labute approximate surface area is 94.5 Å². The summed E-state index contributed by atoms with van der Waals surface area (Å²) in [5.41, 5.74) is 0. The Morgan fingerprint density at radius 2 is 2.00 bits per heavy atom. The standard InChI is InChI=1S/C7H14O8S/c1-3-5(12-2)6(14-15-16(10)11)4(8)7(9)13-3/h3-9H,1-2H3,(H,10,11)/p-1. The first kappa shape index (κ1) is 13.9. The number of ether oxygens (including phenoxy) is 2. The van der Waals surface area contributed by atoms with Crippen molar-refractivity contribution in [2.75, 3.05) is 7.11 Å². The van der Waals surface area contributed by atoms with Crippen LogP contribution >= 0.6 is 0 Å². The van der Waals surface area contributed by atoms with Crippen LogP contribution in [0.5, 0.6) is 0 Å². The maximum atomic E-state index is 10.1. The summed E-state index contributed by atoms with van der Waals surface area (Å²) < 4.78 is 34.1. The van der Waals surface area contributed by atoms with E-state index in [1.165, 1.54) is 7.11 Å². The average Bonchev–Trinajstić information content (AvgIpc) is 2.20. The zero-order valence-corrected chi connectivity index (χ0v) is 9.46. The van der Waals surface area contributed by atoms with Crippen molar-refractivity contribution in [1.29, 1.82) is 0 Å². The molecule has 0 spiro atoms. The van der Waals surface area contributed by atoms with Gasteiger partial charge in [0.2, 0.25) is 0 Å². The van der Waals surface area contributed by atoms with Gasteiger partial charge in [-0.3, -0.25) is 0 Å². The molecule has 2 N–H and O–H groups in total. The first-order chi connectivity index (χ1) is 7.47.